The molecule has 0 radical (unpaired) electrons. The first kappa shape index (κ1) is 20.9. The molecule has 2 N–H and O–H groups in total. The zero-order valence-electron chi connectivity index (χ0n) is 16.6. The van der Waals surface area contributed by atoms with Crippen LogP contribution in [-0.4, -0.2) is 17.0 Å². The Morgan fingerprint density at radius 3 is 2.72 bits per heavy atom. The molecule has 0 spiro atoms. The lowest BCUT2D eigenvalue weighted by molar-refractivity contribution is -0.116. The van der Waals surface area contributed by atoms with Crippen molar-refractivity contribution in [3.05, 3.63) is 56.0 Å². The van der Waals surface area contributed by atoms with Crippen LogP contribution < -0.4 is 15.6 Å². The summed E-state index contributed by atoms with van der Waals surface area (Å²) in [5.41, 5.74) is 2.41. The minimum atomic E-state index is -0.398. The predicted molar refractivity (Wildman–Crippen MR) is 113 cm³/mol. The number of hydrogen-bond acceptors (Lipinski definition) is 4. The molecule has 0 atom stereocenters. The molecule has 1 aliphatic carbocycles. The van der Waals surface area contributed by atoms with E-state index in [4.69, 9.17) is 21.6 Å². The van der Waals surface area contributed by atoms with Gasteiger partial charge in [-0.25, -0.2) is 0 Å². The first-order valence-corrected chi connectivity index (χ1v) is 10.2. The summed E-state index contributed by atoms with van der Waals surface area (Å²) in [7, 11) is 0. The van der Waals surface area contributed by atoms with Crippen molar-refractivity contribution in [2.75, 3.05) is 5.32 Å². The van der Waals surface area contributed by atoms with Gasteiger partial charge in [0.2, 0.25) is 5.91 Å². The van der Waals surface area contributed by atoms with Gasteiger partial charge in [0.1, 0.15) is 17.4 Å². The third kappa shape index (κ3) is 4.99. The first-order valence-electron chi connectivity index (χ1n) is 9.77. The molecule has 152 valence electrons. The number of H-pyrrole nitrogens is 1. The van der Waals surface area contributed by atoms with Crippen molar-refractivity contribution in [3.63, 3.8) is 0 Å². The SMILES string of the molecule is Cc1[nH]c(=O)c(C#N)c(C)c1CCC(=O)Nc1ccc(OC2CCCC2)c(Cl)c1. The summed E-state index contributed by atoms with van der Waals surface area (Å²) in [5, 5.41) is 12.5. The summed E-state index contributed by atoms with van der Waals surface area (Å²) in [6, 6.07) is 7.17. The van der Waals surface area contributed by atoms with Crippen LogP contribution >= 0.6 is 11.6 Å². The Labute approximate surface area is 174 Å². The molecule has 0 saturated heterocycles. The maximum Gasteiger partial charge on any atom is 0.266 e. The number of ether oxygens (including phenoxy) is 1. The van der Waals surface area contributed by atoms with E-state index in [-0.39, 0.29) is 24.0 Å². The zero-order valence-corrected chi connectivity index (χ0v) is 17.4. The largest absolute Gasteiger partial charge is 0.489 e. The van der Waals surface area contributed by atoms with E-state index in [9.17, 15) is 9.59 Å². The van der Waals surface area contributed by atoms with Crippen molar-refractivity contribution in [2.45, 2.75) is 58.5 Å². The summed E-state index contributed by atoms with van der Waals surface area (Å²) < 4.78 is 5.93. The second-order valence-corrected chi connectivity index (χ2v) is 7.79. The number of pyridine rings is 1. The predicted octanol–water partition coefficient (Wildman–Crippen LogP) is 4.41. The van der Waals surface area contributed by atoms with Gasteiger partial charge in [0.05, 0.1) is 11.1 Å². The lowest BCUT2D eigenvalue weighted by Crippen LogP contribution is -2.18. The standard InChI is InChI=1S/C22H24ClN3O3/c1-13-17(14(2)25-22(28)18(13)12-24)8-10-21(27)26-15-7-9-20(19(23)11-15)29-16-5-3-4-6-16/h7,9,11,16H,3-6,8,10H2,1-2H3,(H,25,28)(H,26,27). The summed E-state index contributed by atoms with van der Waals surface area (Å²) in [6.07, 6.45) is 5.32. The summed E-state index contributed by atoms with van der Waals surface area (Å²) in [4.78, 5) is 26.9. The van der Waals surface area contributed by atoms with Gasteiger partial charge in [-0.1, -0.05) is 11.6 Å². The van der Waals surface area contributed by atoms with Crippen molar-refractivity contribution in [3.8, 4) is 11.8 Å². The number of rotatable bonds is 6. The fraction of sp³-hybridized carbons (Fsp3) is 0.409. The van der Waals surface area contributed by atoms with Gasteiger partial charge in [0, 0.05) is 17.8 Å². The normalized spacial score (nSPS) is 13.9. The van der Waals surface area contributed by atoms with Crippen molar-refractivity contribution >= 4 is 23.2 Å². The van der Waals surface area contributed by atoms with Gasteiger partial charge in [-0.15, -0.1) is 0 Å². The smallest absolute Gasteiger partial charge is 0.266 e. The fourth-order valence-corrected chi connectivity index (χ4v) is 3.97. The highest BCUT2D eigenvalue weighted by Gasteiger charge is 2.18. The maximum absolute atomic E-state index is 12.4. The lowest BCUT2D eigenvalue weighted by Gasteiger charge is -2.15. The summed E-state index contributed by atoms with van der Waals surface area (Å²) in [5.74, 6) is 0.467. The molecule has 0 unspecified atom stereocenters. The molecule has 0 bridgehead atoms. The molecule has 1 aromatic heterocycles. The number of nitrogens with zero attached hydrogens (tertiary/aromatic N) is 1. The molecule has 29 heavy (non-hydrogen) atoms. The van der Waals surface area contributed by atoms with Crippen molar-refractivity contribution < 1.29 is 9.53 Å². The molecule has 1 fully saturated rings. The van der Waals surface area contributed by atoms with Crippen LogP contribution in [0.1, 0.15) is 54.5 Å². The average Bonchev–Trinajstić information content (AvgIpc) is 3.17. The topological polar surface area (TPSA) is 95.0 Å². The highest BCUT2D eigenvalue weighted by molar-refractivity contribution is 6.32. The number of aromatic amines is 1. The van der Waals surface area contributed by atoms with Gasteiger partial charge < -0.3 is 15.0 Å². The van der Waals surface area contributed by atoms with Crippen molar-refractivity contribution in [1.29, 1.82) is 5.26 Å². The van der Waals surface area contributed by atoms with E-state index < -0.39 is 5.56 Å². The van der Waals surface area contributed by atoms with Crippen molar-refractivity contribution in [1.82, 2.24) is 4.98 Å². The first-order chi connectivity index (χ1) is 13.9. The van der Waals surface area contributed by atoms with E-state index in [2.05, 4.69) is 10.3 Å². The Hall–Kier alpha value is -2.78. The number of hydrogen-bond donors (Lipinski definition) is 2. The molecular formula is C22H24ClN3O3. The average molecular weight is 414 g/mol. The van der Waals surface area contributed by atoms with Crippen LogP contribution in [0.15, 0.2) is 23.0 Å². The fourth-order valence-electron chi connectivity index (χ4n) is 3.74. The third-order valence-electron chi connectivity index (χ3n) is 5.33. The number of carbonyl (C=O) groups is 1. The molecule has 7 heteroatoms. The van der Waals surface area contributed by atoms with E-state index in [0.29, 0.717) is 34.1 Å². The van der Waals surface area contributed by atoms with Gasteiger partial charge in [-0.2, -0.15) is 5.26 Å². The Bertz CT molecular complexity index is 1020. The van der Waals surface area contributed by atoms with Crippen LogP contribution in [0.5, 0.6) is 5.75 Å². The highest BCUT2D eigenvalue weighted by Crippen LogP contribution is 2.31. The number of aromatic nitrogens is 1. The number of nitrogens with one attached hydrogen (secondary N) is 2. The molecule has 3 rings (SSSR count). The Morgan fingerprint density at radius 2 is 2.07 bits per heavy atom. The maximum atomic E-state index is 12.4. The Morgan fingerprint density at radius 1 is 1.34 bits per heavy atom. The lowest BCUT2D eigenvalue weighted by atomic mass is 9.99. The van der Waals surface area contributed by atoms with Gasteiger partial charge in [-0.05, 0) is 75.3 Å². The molecule has 1 heterocycles. The minimum absolute atomic E-state index is 0.0932. The number of anilines is 1. The van der Waals surface area contributed by atoms with Crippen LogP contribution in [0.4, 0.5) is 5.69 Å². The second kappa shape index (κ2) is 9.15. The number of benzene rings is 1. The highest BCUT2D eigenvalue weighted by atomic mass is 35.5. The van der Waals surface area contributed by atoms with E-state index in [1.807, 2.05) is 6.07 Å². The molecule has 1 aromatic carbocycles. The van der Waals surface area contributed by atoms with Gasteiger partial charge in [-0.3, -0.25) is 9.59 Å². The molecule has 1 aliphatic rings. The Kier molecular flexibility index (Phi) is 6.60. The van der Waals surface area contributed by atoms with E-state index in [0.717, 1.165) is 18.4 Å². The van der Waals surface area contributed by atoms with Gasteiger partial charge in [0.25, 0.3) is 5.56 Å². The molecule has 0 aliphatic heterocycles. The van der Waals surface area contributed by atoms with Gasteiger partial charge >= 0.3 is 0 Å². The van der Waals surface area contributed by atoms with Crippen LogP contribution in [0, 0.1) is 25.2 Å². The molecular weight excluding hydrogens is 390 g/mol. The van der Waals surface area contributed by atoms with E-state index in [1.165, 1.54) is 12.8 Å². The Balaban J connectivity index is 1.62. The second-order valence-electron chi connectivity index (χ2n) is 7.39. The van der Waals surface area contributed by atoms with E-state index >= 15 is 0 Å². The molecule has 2 aromatic rings. The molecule has 1 amide bonds. The zero-order chi connectivity index (χ0) is 21.0. The molecule has 1 saturated carbocycles. The summed E-state index contributed by atoms with van der Waals surface area (Å²) >= 11 is 6.31. The number of amides is 1. The quantitative estimate of drug-likeness (QED) is 0.733. The number of halogens is 1. The van der Waals surface area contributed by atoms with Crippen LogP contribution in [-0.2, 0) is 11.2 Å². The number of carbonyl (C=O) groups excluding carboxylic acids is 1. The number of nitriles is 1. The molecule has 6 nitrogen and oxygen atoms in total. The van der Waals surface area contributed by atoms with Crippen LogP contribution in [0.3, 0.4) is 0 Å². The van der Waals surface area contributed by atoms with Crippen LogP contribution in [0.2, 0.25) is 5.02 Å². The van der Waals surface area contributed by atoms with Gasteiger partial charge in [0.15, 0.2) is 0 Å². The third-order valence-corrected chi connectivity index (χ3v) is 5.63. The van der Waals surface area contributed by atoms with E-state index in [1.54, 1.807) is 32.0 Å². The van der Waals surface area contributed by atoms with Crippen molar-refractivity contribution in [2.24, 2.45) is 0 Å². The monoisotopic (exact) mass is 413 g/mol. The van der Waals surface area contributed by atoms with Crippen LogP contribution in [0.25, 0.3) is 0 Å². The number of aryl methyl sites for hydroxylation is 1. The summed E-state index contributed by atoms with van der Waals surface area (Å²) in [6.45, 7) is 3.50. The minimum Gasteiger partial charge on any atom is -0.489 e.